The number of nitrogens with one attached hydrogen (secondary N) is 1. The van der Waals surface area contributed by atoms with Crippen molar-refractivity contribution in [3.63, 3.8) is 0 Å². The second kappa shape index (κ2) is 5.58. The van der Waals surface area contributed by atoms with E-state index in [0.717, 1.165) is 6.08 Å². The molecule has 1 amide bonds. The number of aryl methyl sites for hydroxylation is 1. The van der Waals surface area contributed by atoms with E-state index in [4.69, 9.17) is 5.11 Å². The van der Waals surface area contributed by atoms with Crippen LogP contribution < -0.4 is 5.32 Å². The lowest BCUT2D eigenvalue weighted by molar-refractivity contribution is -0.385. The number of hydrogen-bond acceptors (Lipinski definition) is 4. The summed E-state index contributed by atoms with van der Waals surface area (Å²) in [6.07, 6.45) is 1.56. The number of rotatable bonds is 4. The Morgan fingerprint density at radius 2 is 2.06 bits per heavy atom. The molecule has 7 nitrogen and oxygen atoms in total. The highest BCUT2D eigenvalue weighted by Gasteiger charge is 2.10. The van der Waals surface area contributed by atoms with Gasteiger partial charge < -0.3 is 10.4 Å². The Hall–Kier alpha value is -2.70. The lowest BCUT2D eigenvalue weighted by atomic mass is 10.2. The number of anilines is 1. The van der Waals surface area contributed by atoms with Crippen LogP contribution in [-0.4, -0.2) is 21.9 Å². The van der Waals surface area contributed by atoms with Gasteiger partial charge in [0.1, 0.15) is 0 Å². The number of carbonyl (C=O) groups is 2. The summed E-state index contributed by atoms with van der Waals surface area (Å²) in [7, 11) is 0. The molecule has 0 aliphatic heterocycles. The van der Waals surface area contributed by atoms with Gasteiger partial charge >= 0.3 is 5.97 Å². The second-order valence-corrected chi connectivity index (χ2v) is 3.42. The van der Waals surface area contributed by atoms with Gasteiger partial charge in [-0.15, -0.1) is 0 Å². The average molecular weight is 250 g/mol. The Balaban J connectivity index is 2.81. The summed E-state index contributed by atoms with van der Waals surface area (Å²) in [6, 6.07) is 4.08. The van der Waals surface area contributed by atoms with Gasteiger partial charge in [0.2, 0.25) is 5.91 Å². The second-order valence-electron chi connectivity index (χ2n) is 3.42. The van der Waals surface area contributed by atoms with E-state index in [1.165, 1.54) is 18.2 Å². The molecule has 1 aromatic rings. The number of carboxylic acid groups (broad SMARTS) is 1. The van der Waals surface area contributed by atoms with E-state index >= 15 is 0 Å². The molecule has 0 bridgehead atoms. The molecule has 0 aliphatic carbocycles. The molecule has 0 aromatic heterocycles. The van der Waals surface area contributed by atoms with E-state index in [2.05, 4.69) is 5.32 Å². The third-order valence-corrected chi connectivity index (χ3v) is 2.04. The first-order chi connectivity index (χ1) is 8.40. The van der Waals surface area contributed by atoms with Crippen LogP contribution in [-0.2, 0) is 9.59 Å². The van der Waals surface area contributed by atoms with Crippen molar-refractivity contribution in [3.05, 3.63) is 46.0 Å². The SMILES string of the molecule is Cc1cc(NC(=O)C=CC(=O)O)ccc1[N+](=O)[O-]. The van der Waals surface area contributed by atoms with Crippen molar-refractivity contribution in [1.29, 1.82) is 0 Å². The number of carboxylic acids is 1. The molecule has 94 valence electrons. The van der Waals surface area contributed by atoms with E-state index in [9.17, 15) is 19.7 Å². The van der Waals surface area contributed by atoms with Crippen molar-refractivity contribution < 1.29 is 19.6 Å². The van der Waals surface area contributed by atoms with E-state index in [1.54, 1.807) is 6.92 Å². The van der Waals surface area contributed by atoms with E-state index in [0.29, 0.717) is 17.3 Å². The lowest BCUT2D eigenvalue weighted by Crippen LogP contribution is -2.09. The Morgan fingerprint density at radius 3 is 2.56 bits per heavy atom. The molecule has 1 rings (SSSR count). The minimum absolute atomic E-state index is 0.0472. The summed E-state index contributed by atoms with van der Waals surface area (Å²) in [4.78, 5) is 31.5. The van der Waals surface area contributed by atoms with Gasteiger partial charge in [-0.3, -0.25) is 14.9 Å². The number of amides is 1. The topological polar surface area (TPSA) is 110 Å². The summed E-state index contributed by atoms with van der Waals surface area (Å²) in [5, 5.41) is 21.3. The molecule has 1 aromatic carbocycles. The van der Waals surface area contributed by atoms with Crippen LogP contribution in [0.5, 0.6) is 0 Å². The first kappa shape index (κ1) is 13.4. The largest absolute Gasteiger partial charge is 0.478 e. The summed E-state index contributed by atoms with van der Waals surface area (Å²) in [5.74, 6) is -1.85. The third-order valence-electron chi connectivity index (χ3n) is 2.04. The smallest absolute Gasteiger partial charge is 0.328 e. The minimum Gasteiger partial charge on any atom is -0.478 e. The maximum atomic E-state index is 11.3. The van der Waals surface area contributed by atoms with Crippen molar-refractivity contribution in [2.75, 3.05) is 5.32 Å². The molecule has 0 fully saturated rings. The molecule has 2 N–H and O–H groups in total. The molecule has 0 spiro atoms. The fraction of sp³-hybridized carbons (Fsp3) is 0.0909. The van der Waals surface area contributed by atoms with Crippen molar-refractivity contribution >= 4 is 23.3 Å². The molecule has 0 radical (unpaired) electrons. The van der Waals surface area contributed by atoms with Crippen molar-refractivity contribution in [2.45, 2.75) is 6.92 Å². The number of benzene rings is 1. The highest BCUT2D eigenvalue weighted by atomic mass is 16.6. The predicted molar refractivity (Wildman–Crippen MR) is 63.2 cm³/mol. The van der Waals surface area contributed by atoms with E-state index < -0.39 is 16.8 Å². The van der Waals surface area contributed by atoms with Gasteiger partial charge in [-0.25, -0.2) is 4.79 Å². The molecule has 7 heteroatoms. The Labute approximate surface area is 102 Å². The number of nitrogens with zero attached hydrogens (tertiary/aromatic N) is 1. The molecule has 0 atom stereocenters. The lowest BCUT2D eigenvalue weighted by Gasteiger charge is -2.03. The van der Waals surface area contributed by atoms with Gasteiger partial charge in [-0.05, 0) is 19.1 Å². The molecule has 0 unspecified atom stereocenters. The first-order valence-electron chi connectivity index (χ1n) is 4.87. The fourth-order valence-corrected chi connectivity index (χ4v) is 1.27. The fourth-order valence-electron chi connectivity index (χ4n) is 1.27. The maximum Gasteiger partial charge on any atom is 0.328 e. The summed E-state index contributed by atoms with van der Waals surface area (Å²) >= 11 is 0. The average Bonchev–Trinajstić information content (AvgIpc) is 2.26. The van der Waals surface area contributed by atoms with Gasteiger partial charge in [0.05, 0.1) is 4.92 Å². The third kappa shape index (κ3) is 3.71. The van der Waals surface area contributed by atoms with Gasteiger partial charge in [0, 0.05) is 29.5 Å². The summed E-state index contributed by atoms with van der Waals surface area (Å²) < 4.78 is 0. The molecular weight excluding hydrogens is 240 g/mol. The van der Waals surface area contributed by atoms with Crippen LogP contribution in [0.25, 0.3) is 0 Å². The van der Waals surface area contributed by atoms with Crippen LogP contribution in [0, 0.1) is 17.0 Å². The van der Waals surface area contributed by atoms with Gasteiger partial charge in [-0.1, -0.05) is 0 Å². The molecule has 0 heterocycles. The zero-order valence-electron chi connectivity index (χ0n) is 9.41. The van der Waals surface area contributed by atoms with E-state index in [1.807, 2.05) is 0 Å². The monoisotopic (exact) mass is 250 g/mol. The zero-order valence-corrected chi connectivity index (χ0v) is 9.41. The van der Waals surface area contributed by atoms with Crippen LogP contribution in [0.4, 0.5) is 11.4 Å². The normalized spacial score (nSPS) is 10.3. The predicted octanol–water partition coefficient (Wildman–Crippen LogP) is 1.48. The Bertz CT molecular complexity index is 536. The van der Waals surface area contributed by atoms with Crippen LogP contribution in [0.15, 0.2) is 30.4 Å². The van der Waals surface area contributed by atoms with Gasteiger partial charge in [-0.2, -0.15) is 0 Å². The number of nitro benzene ring substituents is 1. The van der Waals surface area contributed by atoms with Crippen LogP contribution >= 0.6 is 0 Å². The highest BCUT2D eigenvalue weighted by molar-refractivity contribution is 6.02. The van der Waals surface area contributed by atoms with Crippen LogP contribution in [0.3, 0.4) is 0 Å². The standard InChI is InChI=1S/C11H10N2O5/c1-7-6-8(2-3-9(7)13(17)18)12-10(14)4-5-11(15)16/h2-6H,1H3,(H,12,14)(H,15,16). The molecule has 18 heavy (non-hydrogen) atoms. The summed E-state index contributed by atoms with van der Waals surface area (Å²) in [5.41, 5.74) is 0.715. The molecular formula is C11H10N2O5. The van der Waals surface area contributed by atoms with Crippen LogP contribution in [0.2, 0.25) is 0 Å². The van der Waals surface area contributed by atoms with Crippen molar-refractivity contribution in [3.8, 4) is 0 Å². The number of aliphatic carboxylic acids is 1. The van der Waals surface area contributed by atoms with Gasteiger partial charge in [0.25, 0.3) is 5.69 Å². The van der Waals surface area contributed by atoms with E-state index in [-0.39, 0.29) is 5.69 Å². The first-order valence-corrected chi connectivity index (χ1v) is 4.87. The van der Waals surface area contributed by atoms with Crippen LogP contribution in [0.1, 0.15) is 5.56 Å². The Morgan fingerprint density at radius 1 is 1.39 bits per heavy atom. The van der Waals surface area contributed by atoms with Crippen molar-refractivity contribution in [1.82, 2.24) is 0 Å². The molecule has 0 aliphatic rings. The molecule has 0 saturated carbocycles. The number of hydrogen-bond donors (Lipinski definition) is 2. The quantitative estimate of drug-likeness (QED) is 0.477. The zero-order chi connectivity index (χ0) is 13.7. The van der Waals surface area contributed by atoms with Gasteiger partial charge in [0.15, 0.2) is 0 Å². The minimum atomic E-state index is -1.23. The molecule has 0 saturated heterocycles. The number of nitro groups is 1. The Kier molecular flexibility index (Phi) is 4.14. The number of carbonyl (C=O) groups excluding carboxylic acids is 1. The van der Waals surface area contributed by atoms with Crippen molar-refractivity contribution in [2.24, 2.45) is 0 Å². The maximum absolute atomic E-state index is 11.3. The summed E-state index contributed by atoms with van der Waals surface area (Å²) in [6.45, 7) is 1.54. The highest BCUT2D eigenvalue weighted by Crippen LogP contribution is 2.21.